The van der Waals surface area contributed by atoms with Gasteiger partial charge in [-0.3, -0.25) is 4.79 Å². The second kappa shape index (κ2) is 10.6. The fourth-order valence-corrected chi connectivity index (χ4v) is 3.71. The van der Waals surface area contributed by atoms with Crippen LogP contribution in [0.25, 0.3) is 0 Å². The number of benzene rings is 2. The zero-order valence-electron chi connectivity index (χ0n) is 15.9. The van der Waals surface area contributed by atoms with Gasteiger partial charge < -0.3 is 10.1 Å². The lowest BCUT2D eigenvalue weighted by Crippen LogP contribution is -2.39. The first kappa shape index (κ1) is 21.6. The monoisotopic (exact) mass is 409 g/mol. The number of rotatable bonds is 9. The summed E-state index contributed by atoms with van der Waals surface area (Å²) in [4.78, 5) is 12.4. The number of ether oxygens (including phenoxy) is 1. The molecule has 0 aliphatic rings. The average molecular weight is 410 g/mol. The zero-order valence-corrected chi connectivity index (χ0v) is 17.4. The number of thioether (sulfide) groups is 1. The smallest absolute Gasteiger partial charge is 0.261 e. The highest BCUT2D eigenvalue weighted by Crippen LogP contribution is 2.24. The molecule has 0 aliphatic heterocycles. The van der Waals surface area contributed by atoms with Gasteiger partial charge in [0, 0.05) is 28.6 Å². The maximum Gasteiger partial charge on any atom is 0.261 e. The molecule has 0 bridgehead atoms. The first-order valence-corrected chi connectivity index (χ1v) is 10.5. The van der Waals surface area contributed by atoms with Crippen LogP contribution in [0.2, 0.25) is 5.02 Å². The third-order valence-electron chi connectivity index (χ3n) is 4.13. The van der Waals surface area contributed by atoms with Crippen LogP contribution >= 0.6 is 23.4 Å². The molecule has 2 rings (SSSR count). The molecule has 0 spiro atoms. The fraction of sp³-hybridized carbons (Fsp3) is 0.381. The summed E-state index contributed by atoms with van der Waals surface area (Å²) in [5, 5.41) is 3.32. The Morgan fingerprint density at radius 2 is 2.07 bits per heavy atom. The van der Waals surface area contributed by atoms with Crippen molar-refractivity contribution in [2.45, 2.75) is 39.0 Å². The Kier molecular flexibility index (Phi) is 8.45. The molecule has 1 atom stereocenters. The van der Waals surface area contributed by atoms with Crippen molar-refractivity contribution in [3.63, 3.8) is 0 Å². The van der Waals surface area contributed by atoms with Crippen molar-refractivity contribution >= 4 is 29.3 Å². The topological polar surface area (TPSA) is 38.3 Å². The van der Waals surface area contributed by atoms with Crippen molar-refractivity contribution in [2.75, 3.05) is 12.3 Å². The first-order chi connectivity index (χ1) is 12.9. The van der Waals surface area contributed by atoms with E-state index in [4.69, 9.17) is 16.3 Å². The van der Waals surface area contributed by atoms with Gasteiger partial charge in [-0.25, -0.2) is 4.39 Å². The van der Waals surface area contributed by atoms with Gasteiger partial charge in [0.25, 0.3) is 5.91 Å². The second-order valence-corrected chi connectivity index (χ2v) is 7.84. The number of aryl methyl sites for hydroxylation is 2. The minimum absolute atomic E-state index is 0.136. The largest absolute Gasteiger partial charge is 0.480 e. The van der Waals surface area contributed by atoms with Gasteiger partial charge in [0.15, 0.2) is 6.10 Å². The van der Waals surface area contributed by atoms with Crippen molar-refractivity contribution in [1.29, 1.82) is 0 Å². The third-order valence-corrected chi connectivity index (χ3v) is 5.47. The van der Waals surface area contributed by atoms with Gasteiger partial charge in [0.05, 0.1) is 0 Å². The van der Waals surface area contributed by atoms with Crippen LogP contribution in [0.4, 0.5) is 4.39 Å². The normalized spacial score (nSPS) is 11.9. The molecule has 0 heterocycles. The van der Waals surface area contributed by atoms with Crippen LogP contribution in [-0.4, -0.2) is 24.3 Å². The molecule has 0 unspecified atom stereocenters. The molecular formula is C21H25ClFNO2S. The summed E-state index contributed by atoms with van der Waals surface area (Å²) in [5.41, 5.74) is 2.60. The Bertz CT molecular complexity index is 765. The van der Waals surface area contributed by atoms with Gasteiger partial charge in [-0.15, -0.1) is 0 Å². The zero-order chi connectivity index (χ0) is 19.8. The molecule has 2 aromatic carbocycles. The Balaban J connectivity index is 1.79. The summed E-state index contributed by atoms with van der Waals surface area (Å²) in [7, 11) is 0. The van der Waals surface area contributed by atoms with Gasteiger partial charge in [0.1, 0.15) is 11.6 Å². The molecule has 1 N–H and O–H groups in total. The number of hydrogen-bond donors (Lipinski definition) is 1. The van der Waals surface area contributed by atoms with Crippen LogP contribution in [0, 0.1) is 19.7 Å². The highest BCUT2D eigenvalue weighted by atomic mass is 35.5. The molecule has 1 amide bonds. The van der Waals surface area contributed by atoms with E-state index in [9.17, 15) is 9.18 Å². The van der Waals surface area contributed by atoms with Crippen molar-refractivity contribution in [3.05, 3.63) is 63.9 Å². The average Bonchev–Trinajstić information content (AvgIpc) is 2.64. The van der Waals surface area contributed by atoms with E-state index in [0.717, 1.165) is 16.9 Å². The summed E-state index contributed by atoms with van der Waals surface area (Å²) in [5.74, 6) is 1.43. The lowest BCUT2D eigenvalue weighted by Gasteiger charge is -2.19. The number of carbonyl (C=O) groups excluding carboxylic acids is 1. The minimum atomic E-state index is -0.531. The summed E-state index contributed by atoms with van der Waals surface area (Å²) in [6.45, 7) is 6.36. The quantitative estimate of drug-likeness (QED) is 0.571. The molecule has 0 saturated heterocycles. The van der Waals surface area contributed by atoms with E-state index in [1.54, 1.807) is 12.1 Å². The van der Waals surface area contributed by atoms with Crippen molar-refractivity contribution < 1.29 is 13.9 Å². The summed E-state index contributed by atoms with van der Waals surface area (Å²) < 4.78 is 19.6. The Morgan fingerprint density at radius 3 is 2.78 bits per heavy atom. The molecule has 6 heteroatoms. The molecule has 146 valence electrons. The van der Waals surface area contributed by atoms with E-state index in [1.807, 2.05) is 39.0 Å². The lowest BCUT2D eigenvalue weighted by atomic mass is 10.1. The van der Waals surface area contributed by atoms with Crippen LogP contribution in [0.1, 0.15) is 30.0 Å². The summed E-state index contributed by atoms with van der Waals surface area (Å²) in [6, 6.07) is 10.6. The van der Waals surface area contributed by atoms with Gasteiger partial charge in [-0.05, 0) is 49.6 Å². The van der Waals surface area contributed by atoms with E-state index in [0.29, 0.717) is 35.1 Å². The standard InChI is InChI=1S/C21H25ClFNO2S/c1-4-19(26-20-12-14(2)8-9-15(20)3)21(25)24-10-11-27-13-16-17(22)6-5-7-18(16)23/h5-9,12,19H,4,10-11,13H2,1-3H3,(H,24,25)/t19-/m0/s1. The van der Waals surface area contributed by atoms with Crippen LogP contribution < -0.4 is 10.1 Å². The summed E-state index contributed by atoms with van der Waals surface area (Å²) in [6.07, 6.45) is 0.0495. The predicted molar refractivity (Wildman–Crippen MR) is 111 cm³/mol. The van der Waals surface area contributed by atoms with Crippen LogP contribution in [0.15, 0.2) is 36.4 Å². The third kappa shape index (κ3) is 6.43. The van der Waals surface area contributed by atoms with Gasteiger partial charge in [0.2, 0.25) is 0 Å². The summed E-state index contributed by atoms with van der Waals surface area (Å²) >= 11 is 7.54. The first-order valence-electron chi connectivity index (χ1n) is 8.94. The molecule has 0 radical (unpaired) electrons. The van der Waals surface area contributed by atoms with Gasteiger partial charge >= 0.3 is 0 Å². The van der Waals surface area contributed by atoms with E-state index in [1.165, 1.54) is 17.8 Å². The highest BCUT2D eigenvalue weighted by molar-refractivity contribution is 7.98. The van der Waals surface area contributed by atoms with Crippen molar-refractivity contribution in [1.82, 2.24) is 5.32 Å². The number of halogens is 2. The molecular weight excluding hydrogens is 385 g/mol. The van der Waals surface area contributed by atoms with E-state index < -0.39 is 6.10 Å². The Hall–Kier alpha value is -1.72. The number of carbonyl (C=O) groups is 1. The maximum absolute atomic E-state index is 13.7. The number of amides is 1. The molecule has 0 aromatic heterocycles. The van der Waals surface area contributed by atoms with Crippen LogP contribution in [0.5, 0.6) is 5.75 Å². The second-order valence-electron chi connectivity index (χ2n) is 6.33. The van der Waals surface area contributed by atoms with Gasteiger partial charge in [-0.1, -0.05) is 36.7 Å². The molecule has 2 aromatic rings. The molecule has 27 heavy (non-hydrogen) atoms. The van der Waals surface area contributed by atoms with Crippen molar-refractivity contribution in [3.8, 4) is 5.75 Å². The SMILES string of the molecule is CC[C@H](Oc1cc(C)ccc1C)C(=O)NCCSCc1c(F)cccc1Cl. The van der Waals surface area contributed by atoms with Crippen LogP contribution in [0.3, 0.4) is 0 Å². The predicted octanol–water partition coefficient (Wildman–Crippen LogP) is 5.30. The van der Waals surface area contributed by atoms with Crippen molar-refractivity contribution in [2.24, 2.45) is 0 Å². The molecule has 0 aliphatic carbocycles. The lowest BCUT2D eigenvalue weighted by molar-refractivity contribution is -0.128. The highest BCUT2D eigenvalue weighted by Gasteiger charge is 2.18. The van der Waals surface area contributed by atoms with E-state index in [2.05, 4.69) is 5.32 Å². The Labute approximate surface area is 169 Å². The minimum Gasteiger partial charge on any atom is -0.480 e. The molecule has 3 nitrogen and oxygen atoms in total. The molecule has 0 fully saturated rings. The van der Waals surface area contributed by atoms with E-state index in [-0.39, 0.29) is 11.7 Å². The fourth-order valence-electron chi connectivity index (χ4n) is 2.51. The number of hydrogen-bond acceptors (Lipinski definition) is 3. The maximum atomic E-state index is 13.7. The van der Waals surface area contributed by atoms with E-state index >= 15 is 0 Å². The molecule has 0 saturated carbocycles. The number of nitrogens with one attached hydrogen (secondary N) is 1. The van der Waals surface area contributed by atoms with Gasteiger partial charge in [-0.2, -0.15) is 11.8 Å². The Morgan fingerprint density at radius 1 is 1.30 bits per heavy atom. The van der Waals surface area contributed by atoms with Crippen LogP contribution in [-0.2, 0) is 10.5 Å².